The summed E-state index contributed by atoms with van der Waals surface area (Å²) in [5.74, 6) is 0.150. The first kappa shape index (κ1) is 13.7. The van der Waals surface area contributed by atoms with Crippen molar-refractivity contribution in [3.8, 4) is 0 Å². The third kappa shape index (κ3) is 3.56. The summed E-state index contributed by atoms with van der Waals surface area (Å²) in [6.45, 7) is 5.93. The average molecular weight is 235 g/mol. The predicted octanol–water partition coefficient (Wildman–Crippen LogP) is 2.85. The van der Waals surface area contributed by atoms with E-state index in [0.717, 1.165) is 17.7 Å². The Hall–Kier alpha value is -1.35. The van der Waals surface area contributed by atoms with Gasteiger partial charge < -0.3 is 10.4 Å². The van der Waals surface area contributed by atoms with Crippen molar-refractivity contribution < 1.29 is 9.90 Å². The lowest BCUT2D eigenvalue weighted by Crippen LogP contribution is -2.37. The molecule has 17 heavy (non-hydrogen) atoms. The van der Waals surface area contributed by atoms with Gasteiger partial charge in [0, 0.05) is 17.7 Å². The van der Waals surface area contributed by atoms with E-state index in [2.05, 4.69) is 5.32 Å². The van der Waals surface area contributed by atoms with Crippen molar-refractivity contribution in [2.75, 3.05) is 11.9 Å². The second-order valence-corrected chi connectivity index (χ2v) is 4.55. The zero-order valence-corrected chi connectivity index (χ0v) is 10.8. The normalized spacial score (nSPS) is 14.1. The number of aliphatic hydroxyl groups is 1. The smallest absolute Gasteiger partial charge is 0.162 e. The molecule has 0 aliphatic carbocycles. The Kier molecular flexibility index (Phi) is 4.70. The molecule has 0 radical (unpaired) electrons. The van der Waals surface area contributed by atoms with Gasteiger partial charge in [-0.1, -0.05) is 13.8 Å². The van der Waals surface area contributed by atoms with Crippen molar-refractivity contribution in [3.63, 3.8) is 0 Å². The van der Waals surface area contributed by atoms with E-state index in [1.54, 1.807) is 0 Å². The van der Waals surface area contributed by atoms with Gasteiger partial charge >= 0.3 is 0 Å². The van der Waals surface area contributed by atoms with Crippen LogP contribution in [0.25, 0.3) is 0 Å². The minimum atomic E-state index is -0.309. The second-order valence-electron chi connectivity index (χ2n) is 4.55. The van der Waals surface area contributed by atoms with Crippen LogP contribution in [0.15, 0.2) is 24.3 Å². The molecule has 3 heteroatoms. The largest absolute Gasteiger partial charge is 0.394 e. The van der Waals surface area contributed by atoms with Crippen LogP contribution in [0.4, 0.5) is 5.69 Å². The summed E-state index contributed by atoms with van der Waals surface area (Å²) in [7, 11) is 0. The van der Waals surface area contributed by atoms with E-state index in [0.29, 0.717) is 6.42 Å². The number of benzene rings is 1. The molecule has 0 spiro atoms. The third-order valence-corrected chi connectivity index (χ3v) is 3.10. The molecule has 1 unspecified atom stereocenters. The van der Waals surface area contributed by atoms with Crippen molar-refractivity contribution >= 4 is 11.5 Å². The van der Waals surface area contributed by atoms with Gasteiger partial charge in [0.2, 0.25) is 0 Å². The number of anilines is 1. The number of carbonyl (C=O) groups excluding carboxylic acids is 1. The topological polar surface area (TPSA) is 49.3 Å². The van der Waals surface area contributed by atoms with E-state index in [1.165, 1.54) is 0 Å². The maximum Gasteiger partial charge on any atom is 0.162 e. The molecule has 3 nitrogen and oxygen atoms in total. The number of carbonyl (C=O) groups is 1. The molecule has 0 fully saturated rings. The lowest BCUT2D eigenvalue weighted by atomic mass is 9.99. The van der Waals surface area contributed by atoms with Crippen LogP contribution in [-0.2, 0) is 0 Å². The summed E-state index contributed by atoms with van der Waals surface area (Å²) in [6, 6.07) is 7.40. The predicted molar refractivity (Wildman–Crippen MR) is 70.5 cm³/mol. The Morgan fingerprint density at radius 1 is 1.29 bits per heavy atom. The van der Waals surface area contributed by atoms with E-state index in [1.807, 2.05) is 45.0 Å². The standard InChI is InChI=1S/C14H21NO2/c1-4-13(17)11-6-8-12(9-7-11)15-14(3,5-2)10-16/h6-9,15-16H,4-5,10H2,1-3H3. The highest BCUT2D eigenvalue weighted by Crippen LogP contribution is 2.19. The van der Waals surface area contributed by atoms with Gasteiger partial charge in [0.05, 0.1) is 12.1 Å². The highest BCUT2D eigenvalue weighted by Gasteiger charge is 2.20. The molecule has 0 heterocycles. The lowest BCUT2D eigenvalue weighted by Gasteiger charge is -2.28. The summed E-state index contributed by atoms with van der Waals surface area (Å²) in [4.78, 5) is 11.5. The number of Topliss-reactive ketones (excluding diaryl/α,β-unsaturated/α-hetero) is 1. The maximum absolute atomic E-state index is 11.5. The quantitative estimate of drug-likeness (QED) is 0.745. The number of rotatable bonds is 6. The Labute approximate surface area is 103 Å². The molecule has 1 aromatic carbocycles. The molecule has 0 bridgehead atoms. The molecule has 1 aromatic rings. The van der Waals surface area contributed by atoms with E-state index in [9.17, 15) is 9.90 Å². The summed E-state index contributed by atoms with van der Waals surface area (Å²) in [5, 5.41) is 12.6. The summed E-state index contributed by atoms with van der Waals surface area (Å²) in [5.41, 5.74) is 1.35. The Morgan fingerprint density at radius 3 is 2.29 bits per heavy atom. The van der Waals surface area contributed by atoms with Crippen LogP contribution in [0.5, 0.6) is 0 Å². The highest BCUT2D eigenvalue weighted by atomic mass is 16.3. The highest BCUT2D eigenvalue weighted by molar-refractivity contribution is 5.96. The molecule has 0 amide bonds. The van der Waals surface area contributed by atoms with E-state index >= 15 is 0 Å². The van der Waals surface area contributed by atoms with Crippen LogP contribution in [-0.4, -0.2) is 23.0 Å². The van der Waals surface area contributed by atoms with Crippen LogP contribution in [0.3, 0.4) is 0 Å². The zero-order chi connectivity index (χ0) is 12.9. The molecule has 0 saturated heterocycles. The molecule has 0 aliphatic heterocycles. The van der Waals surface area contributed by atoms with Crippen molar-refractivity contribution in [1.82, 2.24) is 0 Å². The maximum atomic E-state index is 11.5. The number of hydrogen-bond acceptors (Lipinski definition) is 3. The third-order valence-electron chi connectivity index (χ3n) is 3.10. The Bertz CT molecular complexity index is 366. The minimum absolute atomic E-state index is 0.0825. The van der Waals surface area contributed by atoms with Gasteiger partial charge in [-0.2, -0.15) is 0 Å². The van der Waals surface area contributed by atoms with Crippen LogP contribution >= 0.6 is 0 Å². The van der Waals surface area contributed by atoms with Gasteiger partial charge in [0.15, 0.2) is 5.78 Å². The van der Waals surface area contributed by atoms with Crippen LogP contribution in [0.2, 0.25) is 0 Å². The molecule has 2 N–H and O–H groups in total. The van der Waals surface area contributed by atoms with Gasteiger partial charge in [-0.15, -0.1) is 0 Å². The number of nitrogens with one attached hydrogen (secondary N) is 1. The number of aliphatic hydroxyl groups excluding tert-OH is 1. The van der Waals surface area contributed by atoms with E-state index in [4.69, 9.17) is 0 Å². The first-order valence-electron chi connectivity index (χ1n) is 6.07. The zero-order valence-electron chi connectivity index (χ0n) is 10.8. The fraction of sp³-hybridized carbons (Fsp3) is 0.500. The number of hydrogen-bond donors (Lipinski definition) is 2. The van der Waals surface area contributed by atoms with Crippen molar-refractivity contribution in [1.29, 1.82) is 0 Å². The fourth-order valence-electron chi connectivity index (χ4n) is 1.53. The monoisotopic (exact) mass is 235 g/mol. The van der Waals surface area contributed by atoms with Gasteiger partial charge in [0.1, 0.15) is 0 Å². The first-order chi connectivity index (χ1) is 8.04. The fourth-order valence-corrected chi connectivity index (χ4v) is 1.53. The SMILES string of the molecule is CCC(=O)c1ccc(NC(C)(CC)CO)cc1. The molecule has 94 valence electrons. The number of ketones is 1. The van der Waals surface area contributed by atoms with E-state index < -0.39 is 0 Å². The Morgan fingerprint density at radius 2 is 1.88 bits per heavy atom. The van der Waals surface area contributed by atoms with Gasteiger partial charge in [0.25, 0.3) is 0 Å². The Balaban J connectivity index is 2.78. The van der Waals surface area contributed by atoms with E-state index in [-0.39, 0.29) is 17.9 Å². The molecular formula is C14H21NO2. The molecule has 0 aromatic heterocycles. The molecule has 0 aliphatic rings. The second kappa shape index (κ2) is 5.82. The van der Waals surface area contributed by atoms with Crippen LogP contribution in [0, 0.1) is 0 Å². The van der Waals surface area contributed by atoms with Gasteiger partial charge in [-0.3, -0.25) is 4.79 Å². The summed E-state index contributed by atoms with van der Waals surface area (Å²) >= 11 is 0. The first-order valence-corrected chi connectivity index (χ1v) is 6.07. The lowest BCUT2D eigenvalue weighted by molar-refractivity contribution is 0.0988. The van der Waals surface area contributed by atoms with Crippen molar-refractivity contribution in [2.45, 2.75) is 39.2 Å². The molecule has 1 atom stereocenters. The van der Waals surface area contributed by atoms with Gasteiger partial charge in [-0.05, 0) is 37.6 Å². The summed E-state index contributed by atoms with van der Waals surface area (Å²) < 4.78 is 0. The average Bonchev–Trinajstić information content (AvgIpc) is 2.38. The molecule has 0 saturated carbocycles. The molecule has 1 rings (SSSR count). The molecular weight excluding hydrogens is 214 g/mol. The minimum Gasteiger partial charge on any atom is -0.394 e. The van der Waals surface area contributed by atoms with Crippen LogP contribution < -0.4 is 5.32 Å². The van der Waals surface area contributed by atoms with Crippen molar-refractivity contribution in [2.24, 2.45) is 0 Å². The van der Waals surface area contributed by atoms with Crippen LogP contribution in [0.1, 0.15) is 44.0 Å². The van der Waals surface area contributed by atoms with Crippen molar-refractivity contribution in [3.05, 3.63) is 29.8 Å². The van der Waals surface area contributed by atoms with Gasteiger partial charge in [-0.25, -0.2) is 0 Å². The summed E-state index contributed by atoms with van der Waals surface area (Å²) in [6.07, 6.45) is 1.36.